The summed E-state index contributed by atoms with van der Waals surface area (Å²) >= 11 is 0. The molecule has 3 aromatic heterocycles. The third-order valence-electron chi connectivity index (χ3n) is 5.55. The number of imidazole rings is 1. The Morgan fingerprint density at radius 2 is 1.83 bits per heavy atom. The predicted octanol–water partition coefficient (Wildman–Crippen LogP) is 2.36. The van der Waals surface area contributed by atoms with Gasteiger partial charge in [0.15, 0.2) is 0 Å². The summed E-state index contributed by atoms with van der Waals surface area (Å²) in [6.07, 6.45) is 5.54. The molecule has 29 heavy (non-hydrogen) atoms. The number of aromatic amines is 1. The number of H-pyrrole nitrogens is 1. The molecule has 1 saturated heterocycles. The van der Waals surface area contributed by atoms with Gasteiger partial charge in [0.1, 0.15) is 11.6 Å². The highest BCUT2D eigenvalue weighted by Crippen LogP contribution is 2.30. The van der Waals surface area contributed by atoms with Crippen molar-refractivity contribution in [2.45, 2.75) is 0 Å². The summed E-state index contributed by atoms with van der Waals surface area (Å²) in [6.45, 7) is 4.23. The smallest absolute Gasteiger partial charge is 0.142 e. The lowest BCUT2D eigenvalue weighted by atomic mass is 10.1. The number of hydrogen-bond acceptors (Lipinski definition) is 6. The Hall–Kier alpha value is -3.39. The van der Waals surface area contributed by atoms with E-state index < -0.39 is 0 Å². The number of fused-ring (bicyclic) bond motifs is 1. The van der Waals surface area contributed by atoms with Crippen LogP contribution in [0, 0.1) is 0 Å². The Morgan fingerprint density at radius 3 is 2.59 bits per heavy atom. The van der Waals surface area contributed by atoms with E-state index in [2.05, 4.69) is 50.1 Å². The van der Waals surface area contributed by atoms with Gasteiger partial charge in [-0.15, -0.1) is 0 Å². The van der Waals surface area contributed by atoms with E-state index in [1.54, 1.807) is 10.9 Å². The third-order valence-corrected chi connectivity index (χ3v) is 5.55. The van der Waals surface area contributed by atoms with Gasteiger partial charge in [0.25, 0.3) is 0 Å². The van der Waals surface area contributed by atoms with Gasteiger partial charge in [0.2, 0.25) is 0 Å². The molecular weight excluding hydrogens is 364 g/mol. The molecule has 1 aliphatic heterocycles. The normalized spacial score (nSPS) is 15.3. The maximum atomic E-state index is 6.18. The maximum absolute atomic E-state index is 6.18. The van der Waals surface area contributed by atoms with Crippen molar-refractivity contribution in [3.8, 4) is 22.5 Å². The van der Waals surface area contributed by atoms with Crippen LogP contribution in [0.15, 0.2) is 42.9 Å². The van der Waals surface area contributed by atoms with Crippen molar-refractivity contribution in [2.24, 2.45) is 7.05 Å². The van der Waals surface area contributed by atoms with Crippen molar-refractivity contribution >= 4 is 22.5 Å². The lowest BCUT2D eigenvalue weighted by Gasteiger charge is -2.34. The number of likely N-dealkylation sites (N-methyl/N-ethyl adjacent to an activating group) is 1. The fourth-order valence-corrected chi connectivity index (χ4v) is 3.78. The molecule has 0 bridgehead atoms. The average molecular weight is 388 g/mol. The number of nitrogens with one attached hydrogen (secondary N) is 1. The van der Waals surface area contributed by atoms with Crippen LogP contribution in [0.1, 0.15) is 0 Å². The quantitative estimate of drug-likeness (QED) is 0.560. The van der Waals surface area contributed by atoms with E-state index >= 15 is 0 Å². The van der Waals surface area contributed by atoms with Gasteiger partial charge < -0.3 is 20.5 Å². The van der Waals surface area contributed by atoms with Crippen molar-refractivity contribution in [1.29, 1.82) is 0 Å². The van der Waals surface area contributed by atoms with Crippen LogP contribution in [-0.4, -0.2) is 62.9 Å². The largest absolute Gasteiger partial charge is 0.383 e. The summed E-state index contributed by atoms with van der Waals surface area (Å²) in [4.78, 5) is 17.3. The molecule has 0 radical (unpaired) electrons. The number of anilines is 2. The molecule has 1 aliphatic rings. The Balaban J connectivity index is 1.50. The Kier molecular flexibility index (Phi) is 4.21. The summed E-state index contributed by atoms with van der Waals surface area (Å²) < 4.78 is 1.77. The highest BCUT2D eigenvalue weighted by Gasteiger charge is 2.16. The first-order chi connectivity index (χ1) is 14.1. The lowest BCUT2D eigenvalue weighted by molar-refractivity contribution is 0.313. The van der Waals surface area contributed by atoms with Crippen molar-refractivity contribution in [3.63, 3.8) is 0 Å². The monoisotopic (exact) mass is 388 g/mol. The fraction of sp³-hybridized carbons (Fsp3) is 0.286. The average Bonchev–Trinajstić information content (AvgIpc) is 3.34. The van der Waals surface area contributed by atoms with E-state index in [0.29, 0.717) is 5.82 Å². The van der Waals surface area contributed by atoms with Crippen LogP contribution >= 0.6 is 0 Å². The molecule has 8 heteroatoms. The first kappa shape index (κ1) is 17.7. The number of piperazine rings is 1. The number of nitrogen functional groups attached to an aromatic ring is 1. The minimum Gasteiger partial charge on any atom is -0.383 e. The van der Waals surface area contributed by atoms with E-state index in [4.69, 9.17) is 10.7 Å². The number of hydrogen-bond donors (Lipinski definition) is 2. The molecule has 0 amide bonds. The second kappa shape index (κ2) is 6.89. The van der Waals surface area contributed by atoms with Crippen LogP contribution in [0.25, 0.3) is 33.5 Å². The van der Waals surface area contributed by atoms with Gasteiger partial charge in [-0.05, 0) is 31.3 Å². The second-order valence-corrected chi connectivity index (χ2v) is 7.64. The van der Waals surface area contributed by atoms with E-state index in [1.165, 1.54) is 5.69 Å². The van der Waals surface area contributed by atoms with E-state index in [9.17, 15) is 0 Å². The van der Waals surface area contributed by atoms with Gasteiger partial charge >= 0.3 is 0 Å². The van der Waals surface area contributed by atoms with E-state index in [1.807, 2.05) is 25.5 Å². The van der Waals surface area contributed by atoms with Crippen molar-refractivity contribution in [1.82, 2.24) is 29.6 Å². The van der Waals surface area contributed by atoms with Gasteiger partial charge in [-0.3, -0.25) is 4.68 Å². The van der Waals surface area contributed by atoms with Crippen LogP contribution in [0.5, 0.6) is 0 Å². The summed E-state index contributed by atoms with van der Waals surface area (Å²) in [5.74, 6) is 1.18. The molecule has 0 saturated carbocycles. The van der Waals surface area contributed by atoms with Gasteiger partial charge in [-0.25, -0.2) is 9.97 Å². The third kappa shape index (κ3) is 3.31. The van der Waals surface area contributed by atoms with Crippen LogP contribution in [0.4, 0.5) is 11.5 Å². The molecule has 1 aromatic carbocycles. The van der Waals surface area contributed by atoms with Gasteiger partial charge in [-0.1, -0.05) is 0 Å². The zero-order valence-electron chi connectivity index (χ0n) is 16.6. The summed E-state index contributed by atoms with van der Waals surface area (Å²) in [5.41, 5.74) is 12.1. The number of aromatic nitrogens is 5. The van der Waals surface area contributed by atoms with E-state index in [0.717, 1.165) is 59.7 Å². The minimum atomic E-state index is 0.455. The maximum Gasteiger partial charge on any atom is 0.142 e. The number of pyridine rings is 1. The molecular formula is C21H24N8. The molecule has 148 valence electrons. The molecule has 0 aliphatic carbocycles. The van der Waals surface area contributed by atoms with E-state index in [-0.39, 0.29) is 0 Å². The van der Waals surface area contributed by atoms with Crippen LogP contribution in [0.2, 0.25) is 0 Å². The highest BCUT2D eigenvalue weighted by molar-refractivity contribution is 5.85. The molecule has 5 rings (SSSR count). The predicted molar refractivity (Wildman–Crippen MR) is 116 cm³/mol. The highest BCUT2D eigenvalue weighted by atomic mass is 15.2. The number of aryl methyl sites for hydroxylation is 1. The van der Waals surface area contributed by atoms with Crippen molar-refractivity contribution < 1.29 is 0 Å². The van der Waals surface area contributed by atoms with Crippen LogP contribution in [0.3, 0.4) is 0 Å². The number of nitrogens with zero attached hydrogens (tertiary/aromatic N) is 6. The molecule has 4 aromatic rings. The summed E-state index contributed by atoms with van der Waals surface area (Å²) in [7, 11) is 4.06. The summed E-state index contributed by atoms with van der Waals surface area (Å²) in [6, 6.07) is 8.40. The zero-order chi connectivity index (χ0) is 20.0. The number of nitrogens with two attached hydrogens (primary N) is 1. The first-order valence-electron chi connectivity index (χ1n) is 9.75. The Labute approximate surface area is 169 Å². The first-order valence-corrected chi connectivity index (χ1v) is 9.75. The molecule has 0 spiro atoms. The van der Waals surface area contributed by atoms with Gasteiger partial charge in [0, 0.05) is 62.4 Å². The topological polar surface area (TPSA) is 91.9 Å². The Morgan fingerprint density at radius 1 is 1.00 bits per heavy atom. The number of rotatable bonds is 3. The standard InChI is InChI=1S/C21H24N8/c1-27-5-7-29(8-6-27)16-3-4-18-19(10-16)26-21(25-18)17-9-14(11-23-20(17)22)15-12-24-28(2)13-15/h3-4,9-13H,5-8H2,1-2H3,(H2,22,23)(H,25,26). The molecule has 4 heterocycles. The molecule has 0 atom stereocenters. The van der Waals surface area contributed by atoms with Gasteiger partial charge in [-0.2, -0.15) is 5.10 Å². The van der Waals surface area contributed by atoms with Crippen LogP contribution in [-0.2, 0) is 7.05 Å². The van der Waals surface area contributed by atoms with Gasteiger partial charge in [0.05, 0.1) is 22.8 Å². The molecule has 3 N–H and O–H groups in total. The zero-order valence-corrected chi connectivity index (χ0v) is 16.6. The number of benzene rings is 1. The van der Waals surface area contributed by atoms with Crippen molar-refractivity contribution in [2.75, 3.05) is 43.9 Å². The molecule has 0 unspecified atom stereocenters. The van der Waals surface area contributed by atoms with Crippen molar-refractivity contribution in [3.05, 3.63) is 42.9 Å². The SMILES string of the molecule is CN1CCN(c2ccc3nc(-c4cc(-c5cnn(C)c5)cnc4N)[nH]c3c2)CC1. The van der Waals surface area contributed by atoms with Crippen LogP contribution < -0.4 is 10.6 Å². The summed E-state index contributed by atoms with van der Waals surface area (Å²) in [5, 5.41) is 4.24. The fourth-order valence-electron chi connectivity index (χ4n) is 3.78. The minimum absolute atomic E-state index is 0.455. The second-order valence-electron chi connectivity index (χ2n) is 7.64. The lowest BCUT2D eigenvalue weighted by Crippen LogP contribution is -2.44. The Bertz CT molecular complexity index is 1170. The molecule has 1 fully saturated rings. The molecule has 8 nitrogen and oxygen atoms in total.